The number of allylic oxidation sites excluding steroid dienone is 1. The van der Waals surface area contributed by atoms with Crippen LogP contribution in [0.4, 0.5) is 0 Å². The maximum atomic E-state index is 13.7. The van der Waals surface area contributed by atoms with Crippen LogP contribution in [0.1, 0.15) is 43.9 Å². The van der Waals surface area contributed by atoms with E-state index in [1.807, 2.05) is 42.5 Å². The lowest BCUT2D eigenvalue weighted by Crippen LogP contribution is -2.39. The lowest BCUT2D eigenvalue weighted by atomic mass is 9.96. The molecule has 1 aliphatic rings. The van der Waals surface area contributed by atoms with Gasteiger partial charge in [-0.1, -0.05) is 61.6 Å². The number of ether oxygens (including phenoxy) is 3. The number of fused-ring (bicyclic) bond motifs is 1. The first-order chi connectivity index (χ1) is 18.0. The minimum atomic E-state index is -0.684. The Labute approximate surface area is 219 Å². The van der Waals surface area contributed by atoms with E-state index in [1.165, 1.54) is 17.4 Å². The van der Waals surface area contributed by atoms with Gasteiger partial charge in [0.15, 0.2) is 4.80 Å². The van der Waals surface area contributed by atoms with Crippen molar-refractivity contribution < 1.29 is 19.0 Å². The second kappa shape index (κ2) is 11.9. The van der Waals surface area contributed by atoms with Crippen LogP contribution >= 0.6 is 11.3 Å². The third-order valence-corrected chi connectivity index (χ3v) is 6.93. The molecule has 0 amide bonds. The summed E-state index contributed by atoms with van der Waals surface area (Å²) in [6, 6.07) is 14.3. The van der Waals surface area contributed by atoms with E-state index in [9.17, 15) is 9.59 Å². The Kier molecular flexibility index (Phi) is 8.40. The maximum absolute atomic E-state index is 13.7. The molecule has 2 heterocycles. The number of esters is 1. The Morgan fingerprint density at radius 3 is 2.49 bits per heavy atom. The lowest BCUT2D eigenvalue weighted by molar-refractivity contribution is -0.138. The molecule has 0 saturated carbocycles. The molecule has 8 heteroatoms. The maximum Gasteiger partial charge on any atom is 0.338 e. The topological polar surface area (TPSA) is 79.1 Å². The first-order valence-electron chi connectivity index (χ1n) is 12.1. The molecule has 1 aliphatic heterocycles. The van der Waals surface area contributed by atoms with Crippen molar-refractivity contribution in [3.05, 3.63) is 103 Å². The molecule has 4 rings (SSSR count). The van der Waals surface area contributed by atoms with E-state index in [0.29, 0.717) is 33.0 Å². The van der Waals surface area contributed by atoms with Gasteiger partial charge in [-0.05, 0) is 54.8 Å². The van der Waals surface area contributed by atoms with Crippen LogP contribution in [0.25, 0.3) is 6.08 Å². The Hall–Kier alpha value is -3.91. The van der Waals surface area contributed by atoms with E-state index in [0.717, 1.165) is 29.7 Å². The number of nitrogens with zero attached hydrogens (tertiary/aromatic N) is 2. The van der Waals surface area contributed by atoms with Crippen LogP contribution in [0.5, 0.6) is 11.5 Å². The second-order valence-corrected chi connectivity index (χ2v) is 9.52. The van der Waals surface area contributed by atoms with E-state index in [4.69, 9.17) is 14.2 Å². The zero-order valence-electron chi connectivity index (χ0n) is 21.2. The number of hydrogen-bond donors (Lipinski definition) is 0. The number of carbonyl (C=O) groups is 1. The molecular formula is C29H30N2O5S. The zero-order chi connectivity index (χ0) is 26.4. The van der Waals surface area contributed by atoms with Gasteiger partial charge in [0.25, 0.3) is 5.56 Å². The molecule has 0 spiro atoms. The molecule has 192 valence electrons. The van der Waals surface area contributed by atoms with Gasteiger partial charge in [0.1, 0.15) is 18.1 Å². The molecule has 3 aromatic rings. The molecule has 0 saturated heterocycles. The molecule has 2 aromatic carbocycles. The van der Waals surface area contributed by atoms with Crippen molar-refractivity contribution in [1.29, 1.82) is 0 Å². The summed E-state index contributed by atoms with van der Waals surface area (Å²) in [5.41, 5.74) is 2.22. The minimum Gasteiger partial charge on any atom is -0.497 e. The van der Waals surface area contributed by atoms with Crippen molar-refractivity contribution in [2.45, 2.75) is 32.7 Å². The zero-order valence-corrected chi connectivity index (χ0v) is 22.0. The number of aromatic nitrogens is 1. The molecule has 0 aliphatic carbocycles. The van der Waals surface area contributed by atoms with Gasteiger partial charge in [-0.3, -0.25) is 9.36 Å². The highest BCUT2D eigenvalue weighted by molar-refractivity contribution is 7.07. The Morgan fingerprint density at radius 2 is 1.84 bits per heavy atom. The quantitative estimate of drug-likeness (QED) is 0.229. The lowest BCUT2D eigenvalue weighted by Gasteiger charge is -2.24. The number of benzene rings is 2. The predicted octanol–water partition coefficient (Wildman–Crippen LogP) is 4.15. The summed E-state index contributed by atoms with van der Waals surface area (Å²) in [4.78, 5) is 31.9. The van der Waals surface area contributed by atoms with E-state index in [2.05, 4.69) is 18.5 Å². The molecule has 1 atom stereocenters. The summed E-state index contributed by atoms with van der Waals surface area (Å²) >= 11 is 1.29. The average Bonchev–Trinajstić information content (AvgIpc) is 3.21. The van der Waals surface area contributed by atoms with Crippen LogP contribution in [-0.2, 0) is 9.53 Å². The van der Waals surface area contributed by atoms with Crippen molar-refractivity contribution in [3.63, 3.8) is 0 Å². The van der Waals surface area contributed by atoms with Gasteiger partial charge in [-0.2, -0.15) is 0 Å². The fourth-order valence-electron chi connectivity index (χ4n) is 4.04. The summed E-state index contributed by atoms with van der Waals surface area (Å²) in [7, 11) is 1.59. The average molecular weight is 519 g/mol. The van der Waals surface area contributed by atoms with Gasteiger partial charge in [0, 0.05) is 0 Å². The molecule has 0 fully saturated rings. The van der Waals surface area contributed by atoms with Gasteiger partial charge in [0.05, 0.1) is 35.6 Å². The Balaban J connectivity index is 1.78. The van der Waals surface area contributed by atoms with Crippen molar-refractivity contribution in [3.8, 4) is 11.5 Å². The Bertz CT molecular complexity index is 1480. The van der Waals surface area contributed by atoms with Crippen molar-refractivity contribution in [1.82, 2.24) is 4.57 Å². The first kappa shape index (κ1) is 26.2. The molecule has 0 N–H and O–H groups in total. The third kappa shape index (κ3) is 5.75. The van der Waals surface area contributed by atoms with Crippen molar-refractivity contribution >= 4 is 23.4 Å². The molecule has 1 unspecified atom stereocenters. The summed E-state index contributed by atoms with van der Waals surface area (Å²) in [6.45, 7) is 8.23. The second-order valence-electron chi connectivity index (χ2n) is 8.51. The SMILES string of the molecule is C=CCOC(=O)C1=C(C)N=c2s/c(=C\c3ccc(OCCCC)cc3)c(=O)n2C1c1ccc(OC)cc1. The highest BCUT2D eigenvalue weighted by atomic mass is 32.1. The van der Waals surface area contributed by atoms with Crippen LogP contribution in [-0.4, -0.2) is 30.9 Å². The van der Waals surface area contributed by atoms with Gasteiger partial charge >= 0.3 is 5.97 Å². The molecule has 37 heavy (non-hydrogen) atoms. The molecule has 1 aromatic heterocycles. The molecule has 7 nitrogen and oxygen atoms in total. The number of thiazole rings is 1. The normalized spacial score (nSPS) is 15.1. The van der Waals surface area contributed by atoms with E-state index >= 15 is 0 Å². The number of methoxy groups -OCH3 is 1. The molecule has 0 bridgehead atoms. The van der Waals surface area contributed by atoms with Gasteiger partial charge in [0.2, 0.25) is 0 Å². The van der Waals surface area contributed by atoms with E-state index in [-0.39, 0.29) is 12.2 Å². The van der Waals surface area contributed by atoms with Crippen LogP contribution in [0.15, 0.2) is 82.2 Å². The third-order valence-electron chi connectivity index (χ3n) is 5.95. The monoisotopic (exact) mass is 518 g/mol. The van der Waals surface area contributed by atoms with Gasteiger partial charge in [-0.25, -0.2) is 9.79 Å². The van der Waals surface area contributed by atoms with E-state index in [1.54, 1.807) is 30.7 Å². The van der Waals surface area contributed by atoms with Crippen LogP contribution in [0.3, 0.4) is 0 Å². The smallest absolute Gasteiger partial charge is 0.338 e. The summed E-state index contributed by atoms with van der Waals surface area (Å²) in [5, 5.41) is 0. The summed E-state index contributed by atoms with van der Waals surface area (Å²) in [6.07, 6.45) is 5.41. The summed E-state index contributed by atoms with van der Waals surface area (Å²) < 4.78 is 18.5. The van der Waals surface area contributed by atoms with Gasteiger partial charge in [-0.15, -0.1) is 0 Å². The van der Waals surface area contributed by atoms with Crippen molar-refractivity contribution in [2.75, 3.05) is 20.3 Å². The number of hydrogen-bond acceptors (Lipinski definition) is 7. The largest absolute Gasteiger partial charge is 0.497 e. The summed E-state index contributed by atoms with van der Waals surface area (Å²) in [5.74, 6) is 0.939. The minimum absolute atomic E-state index is 0.0630. The fraction of sp³-hybridized carbons (Fsp3) is 0.276. The van der Waals surface area contributed by atoms with Crippen LogP contribution < -0.4 is 24.4 Å². The van der Waals surface area contributed by atoms with Crippen LogP contribution in [0, 0.1) is 0 Å². The first-order valence-corrected chi connectivity index (χ1v) is 13.0. The number of carbonyl (C=O) groups excluding carboxylic acids is 1. The number of rotatable bonds is 10. The fourth-order valence-corrected chi connectivity index (χ4v) is 5.09. The number of unbranched alkanes of at least 4 members (excludes halogenated alkanes) is 1. The standard InChI is InChI=1S/C29H30N2O5S/c1-5-7-17-35-23-12-8-20(9-13-23)18-24-27(32)31-26(21-10-14-22(34-4)15-11-21)25(28(33)36-16-6-2)19(3)30-29(31)37-24/h6,8-15,18,26H,2,5,7,16-17H2,1,3-4H3/b24-18-. The van der Waals surface area contributed by atoms with Crippen LogP contribution in [0.2, 0.25) is 0 Å². The van der Waals surface area contributed by atoms with Crippen molar-refractivity contribution in [2.24, 2.45) is 4.99 Å². The molecular weight excluding hydrogens is 488 g/mol. The van der Waals surface area contributed by atoms with E-state index < -0.39 is 12.0 Å². The highest BCUT2D eigenvalue weighted by Gasteiger charge is 2.33. The van der Waals surface area contributed by atoms with Gasteiger partial charge < -0.3 is 14.2 Å². The molecule has 0 radical (unpaired) electrons. The Morgan fingerprint density at radius 1 is 1.14 bits per heavy atom. The predicted molar refractivity (Wildman–Crippen MR) is 145 cm³/mol. The highest BCUT2D eigenvalue weighted by Crippen LogP contribution is 2.31.